The van der Waals surface area contributed by atoms with Crippen LogP contribution in [0, 0.1) is 0 Å². The van der Waals surface area contributed by atoms with Gasteiger partial charge in [-0.3, -0.25) is 4.57 Å². The number of pyridine rings is 1. The van der Waals surface area contributed by atoms with Crippen molar-refractivity contribution >= 4 is 61.9 Å². The molecule has 0 N–H and O–H groups in total. The van der Waals surface area contributed by atoms with Crippen molar-refractivity contribution in [3.63, 3.8) is 0 Å². The number of hydrogen-bond donors (Lipinski definition) is 0. The van der Waals surface area contributed by atoms with Crippen LogP contribution in [0.1, 0.15) is 58.2 Å². The van der Waals surface area contributed by atoms with Gasteiger partial charge < -0.3 is 14.5 Å². The van der Waals surface area contributed by atoms with Crippen LogP contribution in [0.4, 0.5) is 22.7 Å². The first-order chi connectivity index (χ1) is 27.0. The Hall–Kier alpha value is -5.98. The minimum absolute atomic E-state index is 0.00192. The van der Waals surface area contributed by atoms with Crippen molar-refractivity contribution in [2.75, 3.05) is 16.5 Å². The number of para-hydroxylation sites is 3. The van der Waals surface area contributed by atoms with Crippen LogP contribution >= 0.6 is 11.8 Å². The molecule has 2 aliphatic heterocycles. The quantitative estimate of drug-likeness (QED) is 0.169. The van der Waals surface area contributed by atoms with Gasteiger partial charge in [0.2, 0.25) is 0 Å². The molecule has 5 nitrogen and oxygen atoms in total. The summed E-state index contributed by atoms with van der Waals surface area (Å²) in [5, 5.41) is 6.63. The first kappa shape index (κ1) is 35.7. The summed E-state index contributed by atoms with van der Waals surface area (Å²) in [7, 11) is 0. The van der Waals surface area contributed by atoms with Gasteiger partial charge in [0.05, 0.1) is 28.1 Å². The number of aromatic nitrogens is 2. The highest BCUT2D eigenvalue weighted by Crippen LogP contribution is 2.48. The number of anilines is 4. The van der Waals surface area contributed by atoms with E-state index in [1.807, 2.05) is 12.3 Å². The van der Waals surface area contributed by atoms with Crippen molar-refractivity contribution in [3.05, 3.63) is 173 Å². The van der Waals surface area contributed by atoms with Gasteiger partial charge in [-0.2, -0.15) is 0 Å². The number of benzene rings is 5. The lowest BCUT2D eigenvalue weighted by atomic mass is 9.85. The molecule has 0 fully saturated rings. The van der Waals surface area contributed by atoms with Crippen LogP contribution in [0.3, 0.4) is 0 Å². The van der Waals surface area contributed by atoms with Gasteiger partial charge in [-0.25, -0.2) is 4.98 Å². The highest BCUT2D eigenvalue weighted by atomic mass is 32.2. The largest absolute Gasteiger partial charge is 0.457 e. The first-order valence-corrected chi connectivity index (χ1v) is 20.2. The van der Waals surface area contributed by atoms with Crippen molar-refractivity contribution < 1.29 is 4.74 Å². The Balaban J connectivity index is 1.08. The maximum absolute atomic E-state index is 6.72. The molecule has 9 rings (SSSR count). The third kappa shape index (κ3) is 6.58. The van der Waals surface area contributed by atoms with Gasteiger partial charge >= 0.3 is 0 Å². The zero-order chi connectivity index (χ0) is 38.6. The highest BCUT2D eigenvalue weighted by Gasteiger charge is 2.31. The first-order valence-electron chi connectivity index (χ1n) is 19.3. The molecule has 5 aromatic carbocycles. The number of rotatable bonds is 6. The molecule has 0 bridgehead atoms. The van der Waals surface area contributed by atoms with E-state index in [0.29, 0.717) is 6.67 Å². The lowest BCUT2D eigenvalue weighted by Crippen LogP contribution is -2.25. The average molecular weight is 751 g/mol. The van der Waals surface area contributed by atoms with E-state index in [1.54, 1.807) is 11.8 Å². The monoisotopic (exact) mass is 750 g/mol. The molecule has 0 radical (unpaired) electrons. The van der Waals surface area contributed by atoms with E-state index in [9.17, 15) is 0 Å². The summed E-state index contributed by atoms with van der Waals surface area (Å²) in [4.78, 5) is 9.71. The Bertz CT molecular complexity index is 2720. The molecule has 2 aromatic heterocycles. The van der Waals surface area contributed by atoms with Crippen LogP contribution in [0.5, 0.6) is 11.5 Å². The van der Waals surface area contributed by atoms with Gasteiger partial charge in [0, 0.05) is 40.4 Å². The molecule has 0 unspecified atom stereocenters. The lowest BCUT2D eigenvalue weighted by Gasteiger charge is -2.28. The molecule has 0 saturated heterocycles. The number of ether oxygens (including phenoxy) is 1. The third-order valence-electron chi connectivity index (χ3n) is 10.8. The van der Waals surface area contributed by atoms with E-state index in [0.717, 1.165) is 39.7 Å². The van der Waals surface area contributed by atoms with Crippen molar-refractivity contribution in [2.45, 2.75) is 52.4 Å². The molecule has 0 aliphatic carbocycles. The summed E-state index contributed by atoms with van der Waals surface area (Å²) in [5.74, 6) is 2.45. The fourth-order valence-electron chi connectivity index (χ4n) is 7.81. The number of fused-ring (bicyclic) bond motifs is 4. The average Bonchev–Trinajstić information content (AvgIpc) is 3.60. The van der Waals surface area contributed by atoms with Crippen LogP contribution < -0.4 is 14.5 Å². The Morgan fingerprint density at radius 1 is 0.607 bits per heavy atom. The molecule has 0 atom stereocenters. The topological polar surface area (TPSA) is 33.5 Å². The van der Waals surface area contributed by atoms with Gasteiger partial charge in [-0.1, -0.05) is 102 Å². The Morgan fingerprint density at radius 2 is 1.34 bits per heavy atom. The predicted molar refractivity (Wildman–Crippen MR) is 238 cm³/mol. The van der Waals surface area contributed by atoms with Gasteiger partial charge in [0.15, 0.2) is 0 Å². The van der Waals surface area contributed by atoms with Crippen molar-refractivity contribution in [3.8, 4) is 17.3 Å². The summed E-state index contributed by atoms with van der Waals surface area (Å²) >= 11 is 1.70. The van der Waals surface area contributed by atoms with E-state index in [1.165, 1.54) is 44.4 Å². The highest BCUT2D eigenvalue weighted by molar-refractivity contribution is 8.04. The lowest BCUT2D eigenvalue weighted by molar-refractivity contribution is 0.483. The molecule has 4 heterocycles. The summed E-state index contributed by atoms with van der Waals surface area (Å²) < 4.78 is 8.98. The smallest absolute Gasteiger partial charge is 0.137 e. The number of nitrogens with zero attached hydrogens (tertiary/aromatic N) is 4. The molecule has 0 spiro atoms. The molecule has 2 aliphatic rings. The SMILES string of the molecule is CC(C)(C)c1ccnc(-n2c3ccccc3c3ccc(Oc4cccc(N5CN(c6cc(C(C)(C)C)ccc6C6=CC=CSC=C6)c6ccccc65)c4)cc32)c1. The van der Waals surface area contributed by atoms with Crippen molar-refractivity contribution in [1.82, 2.24) is 9.55 Å². The molecule has 6 heteroatoms. The summed E-state index contributed by atoms with van der Waals surface area (Å²) in [5.41, 5.74) is 11.7. The standard InChI is InChI=1S/C50H46N4OS/c1-49(2,3)35-20-22-40(34-13-12-27-56-28-25-34)46(29-35)53-33-52(44-18-9-10-19-45(44)53)37-14-11-15-38(31-37)55-39-21-23-42-41-16-7-8-17-43(41)54(47(42)32-39)48-30-36(24-26-51-48)50(4,5)6/h7-32H,33H2,1-6H3. The minimum atomic E-state index is 0.00192. The second-order valence-electron chi connectivity index (χ2n) is 16.6. The van der Waals surface area contributed by atoms with E-state index < -0.39 is 0 Å². The van der Waals surface area contributed by atoms with Crippen LogP contribution in [0.25, 0.3) is 33.2 Å². The van der Waals surface area contributed by atoms with Gasteiger partial charge in [-0.05, 0) is 105 Å². The van der Waals surface area contributed by atoms with Gasteiger partial charge in [0.1, 0.15) is 24.0 Å². The molecule has 7 aromatic rings. The fourth-order valence-corrected chi connectivity index (χ4v) is 8.29. The van der Waals surface area contributed by atoms with E-state index in [-0.39, 0.29) is 10.8 Å². The van der Waals surface area contributed by atoms with Crippen LogP contribution in [-0.2, 0) is 10.8 Å². The molecule has 0 amide bonds. The molecule has 0 saturated carbocycles. The molecule has 278 valence electrons. The molecular weight excluding hydrogens is 705 g/mol. The fraction of sp³-hybridized carbons (Fsp3) is 0.180. The normalized spacial score (nSPS) is 14.4. The van der Waals surface area contributed by atoms with Crippen LogP contribution in [0.15, 0.2) is 157 Å². The Kier molecular flexibility index (Phi) is 8.89. The zero-order valence-corrected chi connectivity index (χ0v) is 33.6. The van der Waals surface area contributed by atoms with Crippen molar-refractivity contribution in [2.24, 2.45) is 0 Å². The summed E-state index contributed by atoms with van der Waals surface area (Å²) in [6.07, 6.45) is 8.49. The number of hydrogen-bond acceptors (Lipinski definition) is 5. The van der Waals surface area contributed by atoms with Gasteiger partial charge in [0.25, 0.3) is 0 Å². The second-order valence-corrected chi connectivity index (χ2v) is 17.5. The summed E-state index contributed by atoms with van der Waals surface area (Å²) in [6.45, 7) is 14.2. The maximum Gasteiger partial charge on any atom is 0.137 e. The van der Waals surface area contributed by atoms with E-state index in [4.69, 9.17) is 9.72 Å². The number of allylic oxidation sites excluding steroid dienone is 4. The Labute approximate surface area is 334 Å². The van der Waals surface area contributed by atoms with Crippen LogP contribution in [0.2, 0.25) is 0 Å². The predicted octanol–water partition coefficient (Wildman–Crippen LogP) is 14.0. The molecule has 56 heavy (non-hydrogen) atoms. The van der Waals surface area contributed by atoms with Crippen molar-refractivity contribution in [1.29, 1.82) is 0 Å². The summed E-state index contributed by atoms with van der Waals surface area (Å²) in [6, 6.07) is 43.4. The second kappa shape index (κ2) is 13.9. The Morgan fingerprint density at radius 3 is 2.16 bits per heavy atom. The molecular formula is C50H46N4OS. The van der Waals surface area contributed by atoms with E-state index in [2.05, 4.69) is 200 Å². The van der Waals surface area contributed by atoms with Crippen LogP contribution in [-0.4, -0.2) is 16.2 Å². The minimum Gasteiger partial charge on any atom is -0.457 e. The van der Waals surface area contributed by atoms with Gasteiger partial charge in [-0.15, -0.1) is 11.8 Å². The maximum atomic E-state index is 6.72. The van der Waals surface area contributed by atoms with E-state index >= 15 is 0 Å². The number of thioether (sulfide) groups is 1. The third-order valence-corrected chi connectivity index (χ3v) is 11.4. The zero-order valence-electron chi connectivity index (χ0n) is 32.8.